The van der Waals surface area contributed by atoms with Crippen LogP contribution in [0.5, 0.6) is 0 Å². The molecule has 1 saturated heterocycles. The van der Waals surface area contributed by atoms with Crippen LogP contribution in [0.25, 0.3) is 0 Å². The van der Waals surface area contributed by atoms with Gasteiger partial charge in [0.25, 0.3) is 5.69 Å². The van der Waals surface area contributed by atoms with Crippen LogP contribution in [0.15, 0.2) is 36.4 Å². The van der Waals surface area contributed by atoms with Gasteiger partial charge in [-0.3, -0.25) is 14.9 Å². The van der Waals surface area contributed by atoms with Gasteiger partial charge in [0.15, 0.2) is 0 Å². The zero-order chi connectivity index (χ0) is 21.1. The first kappa shape index (κ1) is 20.3. The minimum Gasteiger partial charge on any atom is -0.465 e. The Kier molecular flexibility index (Phi) is 5.81. The van der Waals surface area contributed by atoms with Crippen molar-refractivity contribution >= 4 is 23.3 Å². The Morgan fingerprint density at radius 3 is 2.59 bits per heavy atom. The molecule has 0 spiro atoms. The second-order valence-electron chi connectivity index (χ2n) is 7.17. The summed E-state index contributed by atoms with van der Waals surface area (Å²) in [5.41, 5.74) is 2.59. The molecule has 0 bridgehead atoms. The van der Waals surface area contributed by atoms with Crippen molar-refractivity contribution in [2.45, 2.75) is 32.9 Å². The van der Waals surface area contributed by atoms with Crippen molar-refractivity contribution in [1.82, 2.24) is 4.90 Å². The number of hydrogen-bond acceptors (Lipinski definition) is 6. The van der Waals surface area contributed by atoms with Crippen molar-refractivity contribution in [1.29, 1.82) is 0 Å². The smallest absolute Gasteiger partial charge is 0.344 e. The topological polar surface area (TPSA) is 102 Å². The first-order valence-electron chi connectivity index (χ1n) is 9.28. The van der Waals surface area contributed by atoms with Crippen LogP contribution in [0.2, 0.25) is 0 Å². The Bertz CT molecular complexity index is 956. The molecule has 152 valence electrons. The zero-order valence-electron chi connectivity index (χ0n) is 16.6. The predicted molar refractivity (Wildman–Crippen MR) is 108 cm³/mol. The van der Waals surface area contributed by atoms with Crippen molar-refractivity contribution in [2.75, 3.05) is 19.0 Å². The molecule has 2 aromatic rings. The standard InChI is InChI=1S/C21H23N3O5/c1-13-4-6-15(7-5-13)12-23-9-8-18(20(23)25)22-16-10-14(2)19(24(27)28)17(11-16)21(26)29-3/h4-7,10-11,18,22H,8-9,12H2,1-3H3. The van der Waals surface area contributed by atoms with E-state index >= 15 is 0 Å². The van der Waals surface area contributed by atoms with Gasteiger partial charge in [-0.05, 0) is 38.0 Å². The number of methoxy groups -OCH3 is 1. The lowest BCUT2D eigenvalue weighted by Crippen LogP contribution is -2.33. The maximum absolute atomic E-state index is 12.8. The number of amides is 1. The number of likely N-dealkylation sites (tertiary alicyclic amines) is 1. The fourth-order valence-corrected chi connectivity index (χ4v) is 3.52. The van der Waals surface area contributed by atoms with E-state index in [0.29, 0.717) is 30.8 Å². The number of nitrogens with one attached hydrogen (secondary N) is 1. The van der Waals surface area contributed by atoms with Crippen LogP contribution in [0.1, 0.15) is 33.5 Å². The summed E-state index contributed by atoms with van der Waals surface area (Å²) in [5.74, 6) is -0.830. The summed E-state index contributed by atoms with van der Waals surface area (Å²) in [7, 11) is 1.17. The maximum Gasteiger partial charge on any atom is 0.344 e. The van der Waals surface area contributed by atoms with Gasteiger partial charge < -0.3 is 15.0 Å². The number of carbonyl (C=O) groups excluding carboxylic acids is 2. The molecule has 0 aliphatic carbocycles. The number of nitrogens with zero attached hydrogens (tertiary/aromatic N) is 2. The average molecular weight is 397 g/mol. The Labute approximate surface area is 168 Å². The van der Waals surface area contributed by atoms with Crippen molar-refractivity contribution in [3.63, 3.8) is 0 Å². The van der Waals surface area contributed by atoms with Gasteiger partial charge in [0.1, 0.15) is 11.6 Å². The van der Waals surface area contributed by atoms with E-state index in [0.717, 1.165) is 11.1 Å². The molecule has 1 atom stereocenters. The van der Waals surface area contributed by atoms with Crippen molar-refractivity contribution in [3.8, 4) is 0 Å². The number of ether oxygens (including phenoxy) is 1. The Morgan fingerprint density at radius 2 is 1.97 bits per heavy atom. The van der Waals surface area contributed by atoms with Crippen LogP contribution < -0.4 is 5.32 Å². The van der Waals surface area contributed by atoms with Crippen LogP contribution in [0.3, 0.4) is 0 Å². The lowest BCUT2D eigenvalue weighted by molar-refractivity contribution is -0.385. The van der Waals surface area contributed by atoms with Crippen molar-refractivity contribution < 1.29 is 19.2 Å². The molecule has 8 heteroatoms. The average Bonchev–Trinajstić information content (AvgIpc) is 3.01. The number of benzene rings is 2. The van der Waals surface area contributed by atoms with E-state index in [2.05, 4.69) is 10.1 Å². The molecule has 3 rings (SSSR count). The third-order valence-electron chi connectivity index (χ3n) is 5.02. The first-order chi connectivity index (χ1) is 13.8. The van der Waals surface area contributed by atoms with Gasteiger partial charge in [0.05, 0.1) is 12.0 Å². The third-order valence-corrected chi connectivity index (χ3v) is 5.02. The molecule has 2 aromatic carbocycles. The summed E-state index contributed by atoms with van der Waals surface area (Å²) in [4.78, 5) is 37.3. The summed E-state index contributed by atoms with van der Waals surface area (Å²) < 4.78 is 4.67. The highest BCUT2D eigenvalue weighted by Gasteiger charge is 2.32. The lowest BCUT2D eigenvalue weighted by Gasteiger charge is -2.18. The molecule has 1 unspecified atom stereocenters. The number of esters is 1. The van der Waals surface area contributed by atoms with Crippen LogP contribution >= 0.6 is 0 Å². The lowest BCUT2D eigenvalue weighted by atomic mass is 10.1. The second-order valence-corrected chi connectivity index (χ2v) is 7.17. The fraction of sp³-hybridized carbons (Fsp3) is 0.333. The SMILES string of the molecule is COC(=O)c1cc(NC2CCN(Cc3ccc(C)cc3)C2=O)cc(C)c1[N+](=O)[O-]. The largest absolute Gasteiger partial charge is 0.465 e. The number of aryl methyl sites for hydroxylation is 2. The third kappa shape index (κ3) is 4.37. The fourth-order valence-electron chi connectivity index (χ4n) is 3.52. The number of anilines is 1. The van der Waals surface area contributed by atoms with Gasteiger partial charge in [-0.1, -0.05) is 29.8 Å². The van der Waals surface area contributed by atoms with E-state index in [9.17, 15) is 19.7 Å². The van der Waals surface area contributed by atoms with Crippen LogP contribution in [-0.4, -0.2) is 41.4 Å². The van der Waals surface area contributed by atoms with E-state index in [1.165, 1.54) is 13.2 Å². The number of rotatable bonds is 6. The molecule has 8 nitrogen and oxygen atoms in total. The van der Waals surface area contributed by atoms with Crippen LogP contribution in [-0.2, 0) is 16.1 Å². The molecular formula is C21H23N3O5. The Morgan fingerprint density at radius 1 is 1.28 bits per heavy atom. The number of hydrogen-bond donors (Lipinski definition) is 1. The summed E-state index contributed by atoms with van der Waals surface area (Å²) >= 11 is 0. The summed E-state index contributed by atoms with van der Waals surface area (Å²) in [6, 6.07) is 10.5. The normalized spacial score (nSPS) is 16.0. The number of carbonyl (C=O) groups is 2. The minimum atomic E-state index is -0.790. The highest BCUT2D eigenvalue weighted by Crippen LogP contribution is 2.29. The van der Waals surface area contributed by atoms with Gasteiger partial charge in [-0.2, -0.15) is 0 Å². The van der Waals surface area contributed by atoms with E-state index in [1.807, 2.05) is 31.2 Å². The van der Waals surface area contributed by atoms with Gasteiger partial charge in [0, 0.05) is 24.3 Å². The van der Waals surface area contributed by atoms with Crippen LogP contribution in [0, 0.1) is 24.0 Å². The molecule has 1 amide bonds. The minimum absolute atomic E-state index is 0.0406. The summed E-state index contributed by atoms with van der Waals surface area (Å²) in [6.07, 6.45) is 0.605. The molecule has 0 saturated carbocycles. The van der Waals surface area contributed by atoms with Crippen molar-refractivity contribution in [3.05, 3.63) is 68.8 Å². The van der Waals surface area contributed by atoms with Crippen molar-refractivity contribution in [2.24, 2.45) is 0 Å². The Balaban J connectivity index is 1.77. The molecule has 1 heterocycles. The Hall–Kier alpha value is -3.42. The molecule has 1 aliphatic heterocycles. The monoisotopic (exact) mass is 397 g/mol. The van der Waals surface area contributed by atoms with E-state index < -0.39 is 16.9 Å². The van der Waals surface area contributed by atoms with E-state index in [4.69, 9.17) is 0 Å². The first-order valence-corrected chi connectivity index (χ1v) is 9.28. The summed E-state index contributed by atoms with van der Waals surface area (Å²) in [6.45, 7) is 4.71. The molecule has 0 aromatic heterocycles. The molecule has 1 N–H and O–H groups in total. The molecular weight excluding hydrogens is 374 g/mol. The molecule has 1 aliphatic rings. The molecule has 1 fully saturated rings. The molecule has 0 radical (unpaired) electrons. The number of nitro benzene ring substituents is 1. The highest BCUT2D eigenvalue weighted by molar-refractivity contribution is 5.96. The highest BCUT2D eigenvalue weighted by atomic mass is 16.6. The van der Waals surface area contributed by atoms with Gasteiger partial charge >= 0.3 is 5.97 Å². The van der Waals surface area contributed by atoms with Crippen LogP contribution in [0.4, 0.5) is 11.4 Å². The zero-order valence-corrected chi connectivity index (χ0v) is 16.6. The molecule has 29 heavy (non-hydrogen) atoms. The second kappa shape index (κ2) is 8.30. The van der Waals surface area contributed by atoms with Gasteiger partial charge in [-0.25, -0.2) is 4.79 Å². The number of nitro groups is 1. The van der Waals surface area contributed by atoms with E-state index in [1.54, 1.807) is 17.9 Å². The van der Waals surface area contributed by atoms with Gasteiger partial charge in [-0.15, -0.1) is 0 Å². The predicted octanol–water partition coefficient (Wildman–Crippen LogP) is 3.21. The summed E-state index contributed by atoms with van der Waals surface area (Å²) in [5, 5.41) is 14.4. The van der Waals surface area contributed by atoms with Gasteiger partial charge in [0.2, 0.25) is 5.91 Å². The van der Waals surface area contributed by atoms with E-state index in [-0.39, 0.29) is 17.2 Å². The quantitative estimate of drug-likeness (QED) is 0.456. The maximum atomic E-state index is 12.8.